The number of amides is 1. The van der Waals surface area contributed by atoms with Crippen molar-refractivity contribution in [1.82, 2.24) is 20.6 Å². The molecule has 1 atom stereocenters. The summed E-state index contributed by atoms with van der Waals surface area (Å²) in [5.41, 5.74) is 1.53. The molecule has 0 aliphatic carbocycles. The van der Waals surface area contributed by atoms with E-state index in [1.807, 2.05) is 19.1 Å². The molecule has 0 fully saturated rings. The molecule has 0 spiro atoms. The maximum atomic E-state index is 13.0. The topological polar surface area (TPSA) is 111 Å². The highest BCUT2D eigenvalue weighted by Crippen LogP contribution is 2.30. The molecule has 29 heavy (non-hydrogen) atoms. The highest BCUT2D eigenvalue weighted by atomic mass is 16.5. The summed E-state index contributed by atoms with van der Waals surface area (Å²) in [4.78, 5) is 13.0. The number of aromatic nitrogens is 4. The molecule has 1 aromatic heterocycles. The van der Waals surface area contributed by atoms with Gasteiger partial charge in [0.1, 0.15) is 11.7 Å². The average molecular weight is 397 g/mol. The van der Waals surface area contributed by atoms with Crippen LogP contribution in [0.25, 0.3) is 0 Å². The van der Waals surface area contributed by atoms with E-state index < -0.39 is 5.92 Å². The molecule has 2 aromatic carbocycles. The largest absolute Gasteiger partial charge is 0.494 e. The molecular weight excluding hydrogens is 374 g/mol. The first-order chi connectivity index (χ1) is 14.1. The van der Waals surface area contributed by atoms with Crippen LogP contribution in [0.2, 0.25) is 0 Å². The molecule has 0 bridgehead atoms. The average Bonchev–Trinajstić information content (AvgIpc) is 3.27. The fourth-order valence-electron chi connectivity index (χ4n) is 2.89. The Morgan fingerprint density at radius 1 is 1.10 bits per heavy atom. The number of tetrazole rings is 1. The fourth-order valence-corrected chi connectivity index (χ4v) is 2.89. The summed E-state index contributed by atoms with van der Waals surface area (Å²) >= 11 is 0. The van der Waals surface area contributed by atoms with Gasteiger partial charge in [0.25, 0.3) is 0 Å². The Morgan fingerprint density at radius 3 is 2.48 bits per heavy atom. The van der Waals surface area contributed by atoms with Crippen LogP contribution in [-0.2, 0) is 11.2 Å². The van der Waals surface area contributed by atoms with Crippen molar-refractivity contribution in [2.75, 3.05) is 26.1 Å². The maximum absolute atomic E-state index is 13.0. The second-order valence-corrected chi connectivity index (χ2v) is 6.16. The summed E-state index contributed by atoms with van der Waals surface area (Å²) < 4.78 is 16.0. The zero-order valence-electron chi connectivity index (χ0n) is 16.5. The Bertz CT molecular complexity index is 929. The molecular formula is C20H23N5O4. The molecule has 0 aliphatic rings. The first kappa shape index (κ1) is 20.1. The summed E-state index contributed by atoms with van der Waals surface area (Å²) in [7, 11) is 3.14. The van der Waals surface area contributed by atoms with Crippen LogP contribution in [0.3, 0.4) is 0 Å². The molecule has 152 valence electrons. The number of H-pyrrole nitrogens is 1. The number of aromatic amines is 1. The number of hydrogen-bond donors (Lipinski definition) is 2. The zero-order chi connectivity index (χ0) is 20.6. The van der Waals surface area contributed by atoms with Crippen LogP contribution in [0.15, 0.2) is 42.5 Å². The van der Waals surface area contributed by atoms with Crippen molar-refractivity contribution < 1.29 is 19.0 Å². The van der Waals surface area contributed by atoms with Gasteiger partial charge in [0.05, 0.1) is 20.8 Å². The molecule has 9 nitrogen and oxygen atoms in total. The van der Waals surface area contributed by atoms with Crippen molar-refractivity contribution in [2.24, 2.45) is 0 Å². The second-order valence-electron chi connectivity index (χ2n) is 6.16. The monoisotopic (exact) mass is 397 g/mol. The second kappa shape index (κ2) is 9.54. The van der Waals surface area contributed by atoms with Gasteiger partial charge in [0.2, 0.25) is 5.91 Å². The standard InChI is InChI=1S/C20H23N5O4/c1-4-29-15-8-6-14(7-9-15)21-20(26)16(19-22-24-25-23-19)11-13-5-10-17(27-2)18(12-13)28-3/h5-10,12,16H,4,11H2,1-3H3,(H,21,26)(H,22,23,24,25)/t16-/m0/s1. The van der Waals surface area contributed by atoms with Crippen molar-refractivity contribution in [2.45, 2.75) is 19.3 Å². The number of nitrogens with one attached hydrogen (secondary N) is 2. The summed E-state index contributed by atoms with van der Waals surface area (Å²) in [5, 5.41) is 16.9. The van der Waals surface area contributed by atoms with E-state index in [1.165, 1.54) is 0 Å². The van der Waals surface area contributed by atoms with Crippen molar-refractivity contribution in [3.05, 3.63) is 53.9 Å². The van der Waals surface area contributed by atoms with Gasteiger partial charge in [0, 0.05) is 5.69 Å². The SMILES string of the molecule is CCOc1ccc(NC(=O)[C@@H](Cc2ccc(OC)c(OC)c2)c2nn[nH]n2)cc1. The molecule has 0 saturated carbocycles. The Kier molecular flexibility index (Phi) is 6.62. The molecule has 9 heteroatoms. The van der Waals surface area contributed by atoms with E-state index in [1.54, 1.807) is 44.6 Å². The first-order valence-corrected chi connectivity index (χ1v) is 9.12. The van der Waals surface area contributed by atoms with E-state index in [9.17, 15) is 4.79 Å². The minimum atomic E-state index is -0.640. The van der Waals surface area contributed by atoms with Gasteiger partial charge >= 0.3 is 0 Å². The van der Waals surface area contributed by atoms with Gasteiger partial charge in [-0.05, 0) is 55.3 Å². The van der Waals surface area contributed by atoms with E-state index >= 15 is 0 Å². The molecule has 2 N–H and O–H groups in total. The lowest BCUT2D eigenvalue weighted by Gasteiger charge is -2.15. The number of rotatable bonds is 9. The maximum Gasteiger partial charge on any atom is 0.235 e. The molecule has 3 rings (SSSR count). The number of methoxy groups -OCH3 is 2. The van der Waals surface area contributed by atoms with Gasteiger partial charge in [-0.2, -0.15) is 5.21 Å². The molecule has 0 saturated heterocycles. The Balaban J connectivity index is 1.79. The summed E-state index contributed by atoms with van der Waals surface area (Å²) in [6.07, 6.45) is 0.364. The Morgan fingerprint density at radius 2 is 1.86 bits per heavy atom. The lowest BCUT2D eigenvalue weighted by molar-refractivity contribution is -0.117. The van der Waals surface area contributed by atoms with Crippen molar-refractivity contribution in [3.8, 4) is 17.2 Å². The lowest BCUT2D eigenvalue weighted by Crippen LogP contribution is -2.24. The van der Waals surface area contributed by atoms with Crippen LogP contribution in [0.4, 0.5) is 5.69 Å². The predicted octanol–water partition coefficient (Wildman–Crippen LogP) is 2.58. The van der Waals surface area contributed by atoms with E-state index in [2.05, 4.69) is 25.9 Å². The van der Waals surface area contributed by atoms with E-state index in [4.69, 9.17) is 14.2 Å². The molecule has 1 heterocycles. The number of nitrogens with zero attached hydrogens (tertiary/aromatic N) is 3. The number of benzene rings is 2. The number of ether oxygens (including phenoxy) is 3. The Hall–Kier alpha value is -3.62. The third kappa shape index (κ3) is 5.01. The number of anilines is 1. The van der Waals surface area contributed by atoms with Crippen LogP contribution >= 0.6 is 0 Å². The smallest absolute Gasteiger partial charge is 0.235 e. The molecule has 0 radical (unpaired) electrons. The predicted molar refractivity (Wildman–Crippen MR) is 106 cm³/mol. The van der Waals surface area contributed by atoms with Crippen molar-refractivity contribution >= 4 is 11.6 Å². The van der Waals surface area contributed by atoms with Crippen molar-refractivity contribution in [3.63, 3.8) is 0 Å². The van der Waals surface area contributed by atoms with Crippen LogP contribution in [0, 0.1) is 0 Å². The third-order valence-electron chi connectivity index (χ3n) is 4.31. The van der Waals surface area contributed by atoms with E-state index in [0.717, 1.165) is 11.3 Å². The van der Waals surface area contributed by atoms with Crippen molar-refractivity contribution in [1.29, 1.82) is 0 Å². The van der Waals surface area contributed by atoms with Crippen LogP contribution in [0.1, 0.15) is 24.2 Å². The highest BCUT2D eigenvalue weighted by molar-refractivity contribution is 5.95. The Labute approximate surface area is 168 Å². The van der Waals surface area contributed by atoms with Gasteiger partial charge in [-0.1, -0.05) is 11.3 Å². The summed E-state index contributed by atoms with van der Waals surface area (Å²) in [5.74, 6) is 1.37. The minimum absolute atomic E-state index is 0.245. The zero-order valence-corrected chi connectivity index (χ0v) is 16.5. The summed E-state index contributed by atoms with van der Waals surface area (Å²) in [6, 6.07) is 12.7. The van der Waals surface area contributed by atoms with Crippen LogP contribution in [-0.4, -0.2) is 47.4 Å². The van der Waals surface area contributed by atoms with Gasteiger partial charge in [0.15, 0.2) is 17.3 Å². The number of carbonyl (C=O) groups is 1. The number of hydrogen-bond acceptors (Lipinski definition) is 7. The van der Waals surface area contributed by atoms with Crippen LogP contribution < -0.4 is 19.5 Å². The van der Waals surface area contributed by atoms with E-state index in [0.29, 0.717) is 36.0 Å². The lowest BCUT2D eigenvalue weighted by atomic mass is 9.97. The summed E-state index contributed by atoms with van der Waals surface area (Å²) in [6.45, 7) is 2.50. The number of carbonyl (C=O) groups excluding carboxylic acids is 1. The fraction of sp³-hybridized carbons (Fsp3) is 0.300. The molecule has 0 unspecified atom stereocenters. The first-order valence-electron chi connectivity index (χ1n) is 9.12. The quantitative estimate of drug-likeness (QED) is 0.571. The van der Waals surface area contributed by atoms with Crippen LogP contribution in [0.5, 0.6) is 17.2 Å². The van der Waals surface area contributed by atoms with Gasteiger partial charge in [-0.15, -0.1) is 10.2 Å². The van der Waals surface area contributed by atoms with Gasteiger partial charge < -0.3 is 19.5 Å². The van der Waals surface area contributed by atoms with Gasteiger partial charge in [-0.3, -0.25) is 4.79 Å². The van der Waals surface area contributed by atoms with Gasteiger partial charge in [-0.25, -0.2) is 0 Å². The minimum Gasteiger partial charge on any atom is -0.494 e. The molecule has 1 amide bonds. The molecule has 0 aliphatic heterocycles. The third-order valence-corrected chi connectivity index (χ3v) is 4.31. The molecule has 3 aromatic rings. The normalized spacial score (nSPS) is 11.6. The highest BCUT2D eigenvalue weighted by Gasteiger charge is 2.26. The van der Waals surface area contributed by atoms with E-state index in [-0.39, 0.29) is 5.91 Å².